The molecule has 0 spiro atoms. The summed E-state index contributed by atoms with van der Waals surface area (Å²) in [4.78, 5) is 13.4. The molecule has 0 unspecified atom stereocenters. The Morgan fingerprint density at radius 1 is 1.03 bits per heavy atom. The number of carbonyl (C=O) groups is 1. The maximum Gasteiger partial charge on any atom is 0.244 e. The van der Waals surface area contributed by atoms with Crippen molar-refractivity contribution in [2.75, 3.05) is 6.54 Å². The van der Waals surface area contributed by atoms with Gasteiger partial charge in [-0.2, -0.15) is 4.31 Å². The minimum atomic E-state index is -3.79. The molecule has 180 valence electrons. The summed E-state index contributed by atoms with van der Waals surface area (Å²) in [5.41, 5.74) is 3.75. The molecule has 1 aliphatic carbocycles. The third-order valence-corrected chi connectivity index (χ3v) is 8.77. The Labute approximate surface area is 199 Å². The van der Waals surface area contributed by atoms with Crippen molar-refractivity contribution in [2.45, 2.75) is 89.6 Å². The fourth-order valence-corrected chi connectivity index (χ4v) is 7.09. The van der Waals surface area contributed by atoms with Crippen LogP contribution in [0.15, 0.2) is 47.4 Å². The molecule has 1 amide bonds. The molecule has 0 aromatic heterocycles. The Balaban J connectivity index is 1.76. The van der Waals surface area contributed by atoms with E-state index in [1.165, 1.54) is 9.87 Å². The molecule has 0 bridgehead atoms. The quantitative estimate of drug-likeness (QED) is 0.556. The van der Waals surface area contributed by atoms with E-state index in [2.05, 4.69) is 17.4 Å². The number of aryl methyl sites for hydroxylation is 4. The number of hydrogen-bond acceptors (Lipinski definition) is 3. The molecular formula is C27H38N2O3S. The van der Waals surface area contributed by atoms with Crippen molar-refractivity contribution < 1.29 is 13.2 Å². The molecule has 3 rings (SSSR count). The molecule has 5 nitrogen and oxygen atoms in total. The predicted molar refractivity (Wildman–Crippen MR) is 134 cm³/mol. The Morgan fingerprint density at radius 3 is 2.24 bits per heavy atom. The molecule has 1 saturated carbocycles. The number of sulfonamides is 1. The van der Waals surface area contributed by atoms with E-state index in [0.29, 0.717) is 4.90 Å². The van der Waals surface area contributed by atoms with Crippen LogP contribution in [0.3, 0.4) is 0 Å². The second kappa shape index (κ2) is 11.3. The first kappa shape index (κ1) is 25.4. The Morgan fingerprint density at radius 2 is 1.64 bits per heavy atom. The summed E-state index contributed by atoms with van der Waals surface area (Å²) >= 11 is 0. The summed E-state index contributed by atoms with van der Waals surface area (Å²) in [7, 11) is -3.79. The highest BCUT2D eigenvalue weighted by molar-refractivity contribution is 7.89. The second-order valence-corrected chi connectivity index (χ2v) is 11.4. The zero-order chi connectivity index (χ0) is 24.0. The summed E-state index contributed by atoms with van der Waals surface area (Å²) in [6.07, 6.45) is 6.40. The van der Waals surface area contributed by atoms with Gasteiger partial charge in [-0.3, -0.25) is 4.79 Å². The highest BCUT2D eigenvalue weighted by Gasteiger charge is 2.35. The largest absolute Gasteiger partial charge is 0.352 e. The van der Waals surface area contributed by atoms with Gasteiger partial charge in [0.05, 0.1) is 11.4 Å². The van der Waals surface area contributed by atoms with Gasteiger partial charge in [0.25, 0.3) is 0 Å². The van der Waals surface area contributed by atoms with E-state index in [-0.39, 0.29) is 24.5 Å². The highest BCUT2D eigenvalue weighted by Crippen LogP contribution is 2.31. The van der Waals surface area contributed by atoms with Gasteiger partial charge in [0.2, 0.25) is 15.9 Å². The molecule has 6 heteroatoms. The number of hydrogen-bond donors (Lipinski definition) is 1. The third kappa shape index (κ3) is 6.67. The normalized spacial score (nSPS) is 16.0. The fourth-order valence-electron chi connectivity index (χ4n) is 5.03. The number of nitrogens with zero attached hydrogens (tertiary/aromatic N) is 1. The molecule has 0 heterocycles. The maximum atomic E-state index is 13.9. The number of benzene rings is 2. The van der Waals surface area contributed by atoms with Gasteiger partial charge in [0, 0.05) is 12.1 Å². The van der Waals surface area contributed by atoms with Gasteiger partial charge in [-0.1, -0.05) is 67.3 Å². The topological polar surface area (TPSA) is 66.5 Å². The van der Waals surface area contributed by atoms with Crippen molar-refractivity contribution in [2.24, 2.45) is 0 Å². The summed E-state index contributed by atoms with van der Waals surface area (Å²) in [5.74, 6) is -0.230. The van der Waals surface area contributed by atoms with E-state index in [1.807, 2.05) is 58.0 Å². The molecule has 1 N–H and O–H groups in total. The average Bonchev–Trinajstić information content (AvgIpc) is 2.76. The average molecular weight is 471 g/mol. The van der Waals surface area contributed by atoms with Gasteiger partial charge in [-0.15, -0.1) is 0 Å². The lowest BCUT2D eigenvalue weighted by Gasteiger charge is -2.34. The molecule has 0 aliphatic heterocycles. The fraction of sp³-hybridized carbons (Fsp3) is 0.519. The summed E-state index contributed by atoms with van der Waals surface area (Å²) in [6.45, 7) is 7.51. The minimum Gasteiger partial charge on any atom is -0.352 e. The lowest BCUT2D eigenvalue weighted by atomic mass is 9.95. The van der Waals surface area contributed by atoms with Crippen molar-refractivity contribution in [1.29, 1.82) is 0 Å². The van der Waals surface area contributed by atoms with Crippen molar-refractivity contribution in [1.82, 2.24) is 9.62 Å². The SMILES string of the molecule is Cc1cc(C)c(S(=O)(=O)N(CC(=O)N[C@@H](C)CCc2ccccc2)C2CCCCC2)c(C)c1. The molecule has 1 fully saturated rings. The molecular weight excluding hydrogens is 432 g/mol. The van der Waals surface area contributed by atoms with E-state index >= 15 is 0 Å². The Kier molecular flexibility index (Phi) is 8.71. The van der Waals surface area contributed by atoms with E-state index in [0.717, 1.165) is 61.6 Å². The second-order valence-electron chi connectivity index (χ2n) is 9.56. The minimum absolute atomic E-state index is 0.0311. The molecule has 2 aromatic rings. The van der Waals surface area contributed by atoms with E-state index < -0.39 is 10.0 Å². The van der Waals surface area contributed by atoms with Crippen molar-refractivity contribution >= 4 is 15.9 Å². The van der Waals surface area contributed by atoms with Gasteiger partial charge in [-0.05, 0) is 70.1 Å². The summed E-state index contributed by atoms with van der Waals surface area (Å²) in [6, 6.07) is 13.8. The Bertz CT molecular complexity index is 1020. The van der Waals surface area contributed by atoms with Crippen LogP contribution in [0.5, 0.6) is 0 Å². The van der Waals surface area contributed by atoms with Crippen LogP contribution in [-0.2, 0) is 21.2 Å². The third-order valence-electron chi connectivity index (χ3n) is 6.57. The Hall–Kier alpha value is -2.18. The van der Waals surface area contributed by atoms with Gasteiger partial charge < -0.3 is 5.32 Å². The van der Waals surface area contributed by atoms with Gasteiger partial charge in [0.15, 0.2) is 0 Å². The van der Waals surface area contributed by atoms with Crippen LogP contribution in [0.25, 0.3) is 0 Å². The molecule has 0 radical (unpaired) electrons. The standard InChI is InChI=1S/C27H38N2O3S/c1-20-17-21(2)27(22(3)18-20)33(31,32)29(25-13-9-6-10-14-25)19-26(30)28-23(4)15-16-24-11-7-5-8-12-24/h5,7-8,11-12,17-18,23,25H,6,9-10,13-16,19H2,1-4H3,(H,28,30)/t23-/m0/s1. The van der Waals surface area contributed by atoms with E-state index in [9.17, 15) is 13.2 Å². The number of carbonyl (C=O) groups excluding carboxylic acids is 1. The van der Waals surface area contributed by atoms with Crippen LogP contribution in [0.2, 0.25) is 0 Å². The number of amides is 1. The summed E-state index contributed by atoms with van der Waals surface area (Å²) < 4.78 is 29.2. The van der Waals surface area contributed by atoms with Crippen LogP contribution in [0.1, 0.15) is 67.7 Å². The van der Waals surface area contributed by atoms with Gasteiger partial charge >= 0.3 is 0 Å². The van der Waals surface area contributed by atoms with Crippen molar-refractivity contribution in [3.8, 4) is 0 Å². The maximum absolute atomic E-state index is 13.9. The molecule has 0 saturated heterocycles. The zero-order valence-corrected chi connectivity index (χ0v) is 21.2. The van der Waals surface area contributed by atoms with Gasteiger partial charge in [-0.25, -0.2) is 8.42 Å². The predicted octanol–water partition coefficient (Wildman–Crippen LogP) is 5.07. The van der Waals surface area contributed by atoms with Crippen LogP contribution < -0.4 is 5.32 Å². The lowest BCUT2D eigenvalue weighted by Crippen LogP contribution is -2.48. The van der Waals surface area contributed by atoms with Crippen LogP contribution in [-0.4, -0.2) is 37.3 Å². The van der Waals surface area contributed by atoms with Crippen LogP contribution in [0.4, 0.5) is 0 Å². The lowest BCUT2D eigenvalue weighted by molar-refractivity contribution is -0.122. The first-order valence-electron chi connectivity index (χ1n) is 12.1. The molecule has 1 aliphatic rings. The molecule has 2 aromatic carbocycles. The van der Waals surface area contributed by atoms with Crippen molar-refractivity contribution in [3.05, 3.63) is 64.7 Å². The number of nitrogens with one attached hydrogen (secondary N) is 1. The smallest absolute Gasteiger partial charge is 0.244 e. The van der Waals surface area contributed by atoms with E-state index in [1.54, 1.807) is 0 Å². The van der Waals surface area contributed by atoms with Crippen LogP contribution in [0, 0.1) is 20.8 Å². The van der Waals surface area contributed by atoms with Crippen molar-refractivity contribution in [3.63, 3.8) is 0 Å². The zero-order valence-electron chi connectivity index (χ0n) is 20.4. The first-order chi connectivity index (χ1) is 15.7. The van der Waals surface area contributed by atoms with Gasteiger partial charge in [0.1, 0.15) is 0 Å². The monoisotopic (exact) mass is 470 g/mol. The van der Waals surface area contributed by atoms with Crippen LogP contribution >= 0.6 is 0 Å². The molecule has 33 heavy (non-hydrogen) atoms. The van der Waals surface area contributed by atoms with E-state index in [4.69, 9.17) is 0 Å². The molecule has 1 atom stereocenters. The summed E-state index contributed by atoms with van der Waals surface area (Å²) in [5, 5.41) is 3.04. The number of rotatable bonds is 9. The highest BCUT2D eigenvalue weighted by atomic mass is 32.2. The first-order valence-corrected chi connectivity index (χ1v) is 13.6.